The molecule has 16 heavy (non-hydrogen) atoms. The van der Waals surface area contributed by atoms with E-state index in [9.17, 15) is 0 Å². The van der Waals surface area contributed by atoms with Crippen LogP contribution in [0.3, 0.4) is 0 Å². The molecule has 0 amide bonds. The highest BCUT2D eigenvalue weighted by atomic mass is 35.5. The normalized spacial score (nSPS) is 10.1. The Kier molecular flexibility index (Phi) is 2.92. The molecule has 0 unspecified atom stereocenters. The van der Waals surface area contributed by atoms with Gasteiger partial charge in [-0.1, -0.05) is 11.6 Å². The van der Waals surface area contributed by atoms with Gasteiger partial charge in [0.1, 0.15) is 12.1 Å². The average molecular weight is 236 g/mol. The number of benzene rings is 1. The number of halogens is 1. The molecule has 0 fully saturated rings. The standard InChI is InChI=1S/C11H10ClN3O/c1-7-4-11(15-6-14-7)16-10-5-8(13)2-3-9(10)12/h2-6H,13H2,1H3. The second-order valence-corrected chi connectivity index (χ2v) is 3.70. The Hall–Kier alpha value is -1.81. The van der Waals surface area contributed by atoms with Gasteiger partial charge < -0.3 is 10.5 Å². The molecule has 0 radical (unpaired) electrons. The topological polar surface area (TPSA) is 61.0 Å². The summed E-state index contributed by atoms with van der Waals surface area (Å²) in [6.45, 7) is 1.86. The van der Waals surface area contributed by atoms with Gasteiger partial charge in [0.25, 0.3) is 0 Å². The SMILES string of the molecule is Cc1cc(Oc2cc(N)ccc2Cl)ncn1. The van der Waals surface area contributed by atoms with Gasteiger partial charge in [-0.05, 0) is 19.1 Å². The maximum Gasteiger partial charge on any atom is 0.222 e. The Labute approximate surface area is 98.0 Å². The molecule has 1 aromatic heterocycles. The summed E-state index contributed by atoms with van der Waals surface area (Å²) in [5, 5.41) is 0.491. The van der Waals surface area contributed by atoms with E-state index in [1.807, 2.05) is 6.92 Å². The fourth-order valence-corrected chi connectivity index (χ4v) is 1.35. The molecule has 1 heterocycles. The van der Waals surface area contributed by atoms with Crippen LogP contribution in [0.2, 0.25) is 5.02 Å². The number of nitrogens with two attached hydrogens (primary N) is 1. The van der Waals surface area contributed by atoms with Gasteiger partial charge in [0.15, 0.2) is 0 Å². The van der Waals surface area contributed by atoms with Crippen LogP contribution in [0.4, 0.5) is 5.69 Å². The van der Waals surface area contributed by atoms with Gasteiger partial charge in [0.05, 0.1) is 5.02 Å². The number of nitrogen functional groups attached to an aromatic ring is 1. The van der Waals surface area contributed by atoms with Gasteiger partial charge in [0, 0.05) is 23.5 Å². The molecule has 0 aliphatic carbocycles. The molecule has 2 N–H and O–H groups in total. The van der Waals surface area contributed by atoms with Crippen LogP contribution in [0.15, 0.2) is 30.6 Å². The van der Waals surface area contributed by atoms with Crippen molar-refractivity contribution in [3.8, 4) is 11.6 Å². The molecule has 0 atom stereocenters. The van der Waals surface area contributed by atoms with Crippen LogP contribution >= 0.6 is 11.6 Å². The molecular weight excluding hydrogens is 226 g/mol. The predicted octanol–water partition coefficient (Wildman–Crippen LogP) is 2.81. The van der Waals surface area contributed by atoms with E-state index >= 15 is 0 Å². The number of nitrogens with zero attached hydrogens (tertiary/aromatic N) is 2. The number of aryl methyl sites for hydroxylation is 1. The monoisotopic (exact) mass is 235 g/mol. The third kappa shape index (κ3) is 2.41. The van der Waals surface area contributed by atoms with Gasteiger partial charge >= 0.3 is 0 Å². The first-order valence-corrected chi connectivity index (χ1v) is 5.04. The van der Waals surface area contributed by atoms with Gasteiger partial charge in [-0.2, -0.15) is 0 Å². The van der Waals surface area contributed by atoms with E-state index < -0.39 is 0 Å². The lowest BCUT2D eigenvalue weighted by Crippen LogP contribution is -1.92. The molecule has 0 aliphatic heterocycles. The predicted molar refractivity (Wildman–Crippen MR) is 62.7 cm³/mol. The molecule has 5 heteroatoms. The highest BCUT2D eigenvalue weighted by Gasteiger charge is 2.04. The molecular formula is C11H10ClN3O. The molecule has 4 nitrogen and oxygen atoms in total. The van der Waals surface area contributed by atoms with Crippen LogP contribution in [0.5, 0.6) is 11.6 Å². The second kappa shape index (κ2) is 4.37. The summed E-state index contributed by atoms with van der Waals surface area (Å²) in [4.78, 5) is 7.95. The van der Waals surface area contributed by atoms with E-state index in [0.29, 0.717) is 22.3 Å². The number of aromatic nitrogens is 2. The summed E-state index contributed by atoms with van der Waals surface area (Å²) in [7, 11) is 0. The van der Waals surface area contributed by atoms with Crippen molar-refractivity contribution in [1.82, 2.24) is 9.97 Å². The smallest absolute Gasteiger partial charge is 0.222 e. The van der Waals surface area contributed by atoms with Gasteiger partial charge in [0.2, 0.25) is 5.88 Å². The van der Waals surface area contributed by atoms with E-state index in [-0.39, 0.29) is 0 Å². The molecule has 2 aromatic rings. The minimum Gasteiger partial charge on any atom is -0.437 e. The third-order valence-electron chi connectivity index (χ3n) is 1.95. The first kappa shape index (κ1) is 10.7. The minimum absolute atomic E-state index is 0.444. The number of hydrogen-bond acceptors (Lipinski definition) is 4. The molecule has 82 valence electrons. The van der Waals surface area contributed by atoms with Crippen LogP contribution in [-0.2, 0) is 0 Å². The van der Waals surface area contributed by atoms with Crippen molar-refractivity contribution in [3.05, 3.63) is 41.3 Å². The molecule has 0 aliphatic rings. The lowest BCUT2D eigenvalue weighted by molar-refractivity contribution is 0.461. The quantitative estimate of drug-likeness (QED) is 0.813. The highest BCUT2D eigenvalue weighted by Crippen LogP contribution is 2.30. The van der Waals surface area contributed by atoms with E-state index in [1.165, 1.54) is 6.33 Å². The Balaban J connectivity index is 2.30. The first-order chi connectivity index (χ1) is 7.65. The fraction of sp³-hybridized carbons (Fsp3) is 0.0909. The van der Waals surface area contributed by atoms with E-state index in [1.54, 1.807) is 24.3 Å². The lowest BCUT2D eigenvalue weighted by Gasteiger charge is -2.07. The summed E-state index contributed by atoms with van der Waals surface area (Å²) in [5.41, 5.74) is 7.05. The molecule has 1 aromatic carbocycles. The number of hydrogen-bond donors (Lipinski definition) is 1. The molecule has 0 saturated carbocycles. The van der Waals surface area contributed by atoms with Gasteiger partial charge in [-0.3, -0.25) is 0 Å². The number of ether oxygens (including phenoxy) is 1. The molecule has 0 bridgehead atoms. The summed E-state index contributed by atoms with van der Waals surface area (Å²) >= 11 is 5.96. The second-order valence-electron chi connectivity index (χ2n) is 3.29. The van der Waals surface area contributed by atoms with Crippen molar-refractivity contribution in [3.63, 3.8) is 0 Å². The van der Waals surface area contributed by atoms with Crippen molar-refractivity contribution < 1.29 is 4.74 Å². The Bertz CT molecular complexity index is 516. The number of anilines is 1. The molecule has 0 saturated heterocycles. The molecule has 0 spiro atoms. The summed E-state index contributed by atoms with van der Waals surface area (Å²) < 4.78 is 5.51. The van der Waals surface area contributed by atoms with E-state index in [0.717, 1.165) is 5.69 Å². The summed E-state index contributed by atoms with van der Waals surface area (Å²) in [6.07, 6.45) is 1.44. The summed E-state index contributed by atoms with van der Waals surface area (Å²) in [5.74, 6) is 0.930. The minimum atomic E-state index is 0.444. The molecule has 2 rings (SSSR count). The zero-order valence-corrected chi connectivity index (χ0v) is 9.40. The van der Waals surface area contributed by atoms with Crippen LogP contribution < -0.4 is 10.5 Å². The van der Waals surface area contributed by atoms with Crippen molar-refractivity contribution in [2.75, 3.05) is 5.73 Å². The Morgan fingerprint density at radius 1 is 1.25 bits per heavy atom. The van der Waals surface area contributed by atoms with E-state index in [4.69, 9.17) is 22.1 Å². The zero-order valence-electron chi connectivity index (χ0n) is 8.64. The summed E-state index contributed by atoms with van der Waals surface area (Å²) in [6, 6.07) is 6.76. The van der Waals surface area contributed by atoms with E-state index in [2.05, 4.69) is 9.97 Å². The van der Waals surface area contributed by atoms with Crippen molar-refractivity contribution in [2.24, 2.45) is 0 Å². The first-order valence-electron chi connectivity index (χ1n) is 4.66. The van der Waals surface area contributed by atoms with Crippen LogP contribution in [-0.4, -0.2) is 9.97 Å². The number of rotatable bonds is 2. The lowest BCUT2D eigenvalue weighted by atomic mass is 10.3. The van der Waals surface area contributed by atoms with Crippen LogP contribution in [0.1, 0.15) is 5.69 Å². The van der Waals surface area contributed by atoms with Gasteiger partial charge in [-0.15, -0.1) is 0 Å². The van der Waals surface area contributed by atoms with Crippen LogP contribution in [0, 0.1) is 6.92 Å². The van der Waals surface area contributed by atoms with Crippen molar-refractivity contribution >= 4 is 17.3 Å². The average Bonchev–Trinajstić information content (AvgIpc) is 2.24. The fourth-order valence-electron chi connectivity index (χ4n) is 1.20. The Morgan fingerprint density at radius 2 is 2.06 bits per heavy atom. The largest absolute Gasteiger partial charge is 0.437 e. The highest BCUT2D eigenvalue weighted by molar-refractivity contribution is 6.32. The maximum absolute atomic E-state index is 5.96. The van der Waals surface area contributed by atoms with Crippen molar-refractivity contribution in [1.29, 1.82) is 0 Å². The maximum atomic E-state index is 5.96. The third-order valence-corrected chi connectivity index (χ3v) is 2.26. The zero-order chi connectivity index (χ0) is 11.5. The van der Waals surface area contributed by atoms with Crippen LogP contribution in [0.25, 0.3) is 0 Å². The van der Waals surface area contributed by atoms with Gasteiger partial charge in [-0.25, -0.2) is 9.97 Å². The van der Waals surface area contributed by atoms with Crippen molar-refractivity contribution in [2.45, 2.75) is 6.92 Å². The Morgan fingerprint density at radius 3 is 2.81 bits per heavy atom.